The molecule has 16 heavy (non-hydrogen) atoms. The molecule has 1 heterocycles. The van der Waals surface area contributed by atoms with E-state index in [4.69, 9.17) is 21.6 Å². The molecule has 0 aromatic rings. The molecule has 1 fully saturated rings. The van der Waals surface area contributed by atoms with Crippen LogP contribution in [0.25, 0.3) is 0 Å². The van der Waals surface area contributed by atoms with Crippen LogP contribution >= 0.6 is 11.6 Å². The molecule has 1 saturated heterocycles. The van der Waals surface area contributed by atoms with Gasteiger partial charge in [-0.3, -0.25) is 9.69 Å². The Balaban J connectivity index is 2.41. The zero-order valence-electron chi connectivity index (χ0n) is 9.49. The first-order valence-corrected chi connectivity index (χ1v) is 6.03. The number of carbonyl (C=O) groups excluding carboxylic acids is 1. The van der Waals surface area contributed by atoms with E-state index in [0.717, 1.165) is 19.4 Å². The van der Waals surface area contributed by atoms with Crippen molar-refractivity contribution in [2.24, 2.45) is 5.92 Å². The molecular weight excluding hydrogens is 228 g/mol. The average molecular weight is 245 g/mol. The van der Waals surface area contributed by atoms with Crippen LogP contribution < -0.4 is 0 Å². The van der Waals surface area contributed by atoms with Gasteiger partial charge in [-0.15, -0.1) is 11.6 Å². The fourth-order valence-electron chi connectivity index (χ4n) is 1.94. The van der Waals surface area contributed by atoms with Crippen molar-refractivity contribution in [2.75, 3.05) is 26.2 Å². The number of alkyl halides is 1. The fraction of sp³-hybridized carbons (Fsp3) is 0.818. The number of nitrogens with zero attached hydrogens (tertiary/aromatic N) is 2. The maximum atomic E-state index is 11.6. The SMILES string of the molecule is CCOC(=O)C1CCCN(CC(Cl)C#N)C1. The minimum Gasteiger partial charge on any atom is -0.466 e. The van der Waals surface area contributed by atoms with Crippen molar-refractivity contribution >= 4 is 17.6 Å². The number of piperidine rings is 1. The Labute approximate surface area is 101 Å². The lowest BCUT2D eigenvalue weighted by Crippen LogP contribution is -2.41. The van der Waals surface area contributed by atoms with Crippen molar-refractivity contribution in [3.63, 3.8) is 0 Å². The van der Waals surface area contributed by atoms with Gasteiger partial charge >= 0.3 is 5.97 Å². The van der Waals surface area contributed by atoms with Crippen LogP contribution in [0.5, 0.6) is 0 Å². The zero-order chi connectivity index (χ0) is 12.0. The summed E-state index contributed by atoms with van der Waals surface area (Å²) in [5.74, 6) is -0.188. The van der Waals surface area contributed by atoms with Gasteiger partial charge in [0.05, 0.1) is 18.6 Å². The monoisotopic (exact) mass is 244 g/mol. The molecule has 90 valence electrons. The van der Waals surface area contributed by atoms with E-state index >= 15 is 0 Å². The molecule has 0 N–H and O–H groups in total. The van der Waals surface area contributed by atoms with Gasteiger partial charge in [0.25, 0.3) is 0 Å². The van der Waals surface area contributed by atoms with Crippen molar-refractivity contribution < 1.29 is 9.53 Å². The number of likely N-dealkylation sites (tertiary alicyclic amines) is 1. The summed E-state index contributed by atoms with van der Waals surface area (Å²) in [5, 5.41) is 8.13. The minimum absolute atomic E-state index is 0.0590. The van der Waals surface area contributed by atoms with Crippen LogP contribution in [0.2, 0.25) is 0 Å². The second-order valence-electron chi connectivity index (χ2n) is 3.95. The van der Waals surface area contributed by atoms with Crippen LogP contribution in [-0.2, 0) is 9.53 Å². The third kappa shape index (κ3) is 3.99. The van der Waals surface area contributed by atoms with Crippen LogP contribution in [0.4, 0.5) is 0 Å². The highest BCUT2D eigenvalue weighted by Crippen LogP contribution is 2.18. The van der Waals surface area contributed by atoms with Gasteiger partial charge in [-0.05, 0) is 26.3 Å². The maximum absolute atomic E-state index is 11.6. The van der Waals surface area contributed by atoms with Crippen LogP contribution in [0, 0.1) is 17.2 Å². The van der Waals surface area contributed by atoms with Crippen LogP contribution in [0.3, 0.4) is 0 Å². The summed E-state index contributed by atoms with van der Waals surface area (Å²) in [4.78, 5) is 13.6. The van der Waals surface area contributed by atoms with Gasteiger partial charge in [-0.25, -0.2) is 0 Å². The van der Waals surface area contributed by atoms with E-state index in [0.29, 0.717) is 19.7 Å². The number of hydrogen-bond donors (Lipinski definition) is 0. The largest absolute Gasteiger partial charge is 0.466 e. The standard InChI is InChI=1S/C11H17ClN2O2/c1-2-16-11(15)9-4-3-5-14(7-9)8-10(12)6-13/h9-10H,2-5,7-8H2,1H3. The lowest BCUT2D eigenvalue weighted by Gasteiger charge is -2.31. The van der Waals surface area contributed by atoms with E-state index in [1.165, 1.54) is 0 Å². The van der Waals surface area contributed by atoms with Crippen molar-refractivity contribution in [3.05, 3.63) is 0 Å². The number of hydrogen-bond acceptors (Lipinski definition) is 4. The van der Waals surface area contributed by atoms with Gasteiger partial charge < -0.3 is 4.74 Å². The Hall–Kier alpha value is -0.790. The lowest BCUT2D eigenvalue weighted by atomic mass is 9.98. The number of halogens is 1. The molecule has 2 unspecified atom stereocenters. The van der Waals surface area contributed by atoms with Crippen LogP contribution in [0.15, 0.2) is 0 Å². The Morgan fingerprint density at radius 2 is 2.50 bits per heavy atom. The number of ether oxygens (including phenoxy) is 1. The van der Waals surface area contributed by atoms with Gasteiger partial charge in [-0.2, -0.15) is 5.26 Å². The number of carbonyl (C=O) groups is 1. The summed E-state index contributed by atoms with van der Waals surface area (Å²) in [7, 11) is 0. The molecular formula is C11H17ClN2O2. The molecule has 0 saturated carbocycles. The number of nitriles is 1. The van der Waals surface area contributed by atoms with Crippen LogP contribution in [-0.4, -0.2) is 42.5 Å². The first kappa shape index (κ1) is 13.3. The van der Waals surface area contributed by atoms with E-state index in [9.17, 15) is 4.79 Å². The number of esters is 1. The van der Waals surface area contributed by atoms with E-state index < -0.39 is 5.38 Å². The molecule has 0 aliphatic carbocycles. The van der Waals surface area contributed by atoms with Gasteiger partial charge in [-0.1, -0.05) is 0 Å². The van der Waals surface area contributed by atoms with Crippen molar-refractivity contribution in [3.8, 4) is 6.07 Å². The third-order valence-electron chi connectivity index (χ3n) is 2.68. The topological polar surface area (TPSA) is 53.3 Å². The highest BCUT2D eigenvalue weighted by atomic mass is 35.5. The fourth-order valence-corrected chi connectivity index (χ4v) is 2.14. The van der Waals surface area contributed by atoms with Gasteiger partial charge in [0, 0.05) is 13.1 Å². The summed E-state index contributed by atoms with van der Waals surface area (Å²) in [6.07, 6.45) is 1.83. The molecule has 0 amide bonds. The molecule has 1 aliphatic rings. The molecule has 0 aromatic carbocycles. The second kappa shape index (κ2) is 6.72. The Bertz CT molecular complexity index is 278. The normalized spacial score (nSPS) is 23.4. The maximum Gasteiger partial charge on any atom is 0.310 e. The van der Waals surface area contributed by atoms with Crippen LogP contribution in [0.1, 0.15) is 19.8 Å². The Morgan fingerprint density at radius 1 is 1.75 bits per heavy atom. The molecule has 4 nitrogen and oxygen atoms in total. The predicted molar refractivity (Wildman–Crippen MR) is 61.1 cm³/mol. The summed E-state index contributed by atoms with van der Waals surface area (Å²) in [6.45, 7) is 4.31. The summed E-state index contributed by atoms with van der Waals surface area (Å²) in [6, 6.07) is 1.99. The summed E-state index contributed by atoms with van der Waals surface area (Å²) < 4.78 is 5.00. The second-order valence-corrected chi connectivity index (χ2v) is 4.47. The van der Waals surface area contributed by atoms with Gasteiger partial charge in [0.1, 0.15) is 5.38 Å². The highest BCUT2D eigenvalue weighted by molar-refractivity contribution is 6.22. The van der Waals surface area contributed by atoms with Crippen molar-refractivity contribution in [2.45, 2.75) is 25.1 Å². The van der Waals surface area contributed by atoms with E-state index in [-0.39, 0.29) is 11.9 Å². The van der Waals surface area contributed by atoms with E-state index in [1.54, 1.807) is 0 Å². The first-order chi connectivity index (χ1) is 7.67. The number of rotatable bonds is 4. The van der Waals surface area contributed by atoms with Gasteiger partial charge in [0.2, 0.25) is 0 Å². The predicted octanol–water partition coefficient (Wildman–Crippen LogP) is 1.39. The Kier molecular flexibility index (Phi) is 5.58. The molecule has 0 radical (unpaired) electrons. The van der Waals surface area contributed by atoms with Gasteiger partial charge in [0.15, 0.2) is 0 Å². The molecule has 1 aliphatic heterocycles. The zero-order valence-corrected chi connectivity index (χ0v) is 10.2. The highest BCUT2D eigenvalue weighted by Gasteiger charge is 2.27. The minimum atomic E-state index is -0.499. The van der Waals surface area contributed by atoms with E-state index in [1.807, 2.05) is 13.0 Å². The quantitative estimate of drug-likeness (QED) is 0.554. The summed E-state index contributed by atoms with van der Waals surface area (Å²) >= 11 is 5.77. The van der Waals surface area contributed by atoms with E-state index in [2.05, 4.69) is 4.90 Å². The first-order valence-electron chi connectivity index (χ1n) is 5.60. The lowest BCUT2D eigenvalue weighted by molar-refractivity contribution is -0.149. The average Bonchev–Trinajstić information content (AvgIpc) is 2.29. The Morgan fingerprint density at radius 3 is 3.12 bits per heavy atom. The molecule has 5 heteroatoms. The summed E-state index contributed by atoms with van der Waals surface area (Å²) in [5.41, 5.74) is 0. The molecule has 0 aromatic heterocycles. The van der Waals surface area contributed by atoms with Crippen molar-refractivity contribution in [1.29, 1.82) is 5.26 Å². The molecule has 1 rings (SSSR count). The van der Waals surface area contributed by atoms with Crippen molar-refractivity contribution in [1.82, 2.24) is 4.90 Å². The third-order valence-corrected chi connectivity index (χ3v) is 2.92. The molecule has 2 atom stereocenters. The smallest absolute Gasteiger partial charge is 0.310 e. The molecule has 0 spiro atoms. The molecule has 0 bridgehead atoms.